The van der Waals surface area contributed by atoms with E-state index in [0.29, 0.717) is 0 Å². The van der Waals surface area contributed by atoms with Crippen molar-refractivity contribution in [3.05, 3.63) is 53.1 Å². The van der Waals surface area contributed by atoms with Gasteiger partial charge in [-0.25, -0.2) is 5.57 Å². The van der Waals surface area contributed by atoms with Gasteiger partial charge >= 0.3 is 21.7 Å². The van der Waals surface area contributed by atoms with Gasteiger partial charge < -0.3 is 37.2 Å². The second-order valence-corrected chi connectivity index (χ2v) is 13.2. The third-order valence-corrected chi connectivity index (χ3v) is 10.6. The van der Waals surface area contributed by atoms with Crippen LogP contribution >= 0.6 is 0 Å². The largest absolute Gasteiger partial charge is 4.00 e. The average Bonchev–Trinajstić information content (AvgIpc) is 3.03. The molecule has 0 saturated carbocycles. The van der Waals surface area contributed by atoms with Gasteiger partial charge in [-0.2, -0.15) is 11.1 Å². The molecule has 1 aliphatic rings. The van der Waals surface area contributed by atoms with Crippen molar-refractivity contribution in [2.75, 3.05) is 0 Å². The number of allylic oxidation sites excluding steroid dienone is 4. The molecule has 37 heavy (non-hydrogen) atoms. The van der Waals surface area contributed by atoms with Crippen LogP contribution in [0.15, 0.2) is 47.1 Å². The van der Waals surface area contributed by atoms with E-state index < -0.39 is 9.52 Å². The Balaban J connectivity index is -0.00000289. The fraction of sp³-hybridized carbons (Fsp3) is 0.688. The van der Waals surface area contributed by atoms with E-state index in [1.165, 1.54) is 120 Å². The van der Waals surface area contributed by atoms with Crippen LogP contribution in [-0.4, -0.2) is 9.52 Å². The van der Waals surface area contributed by atoms with E-state index >= 15 is 0 Å². The zero-order valence-corrected chi connectivity index (χ0v) is 29.5. The Labute approximate surface area is 267 Å². The van der Waals surface area contributed by atoms with Crippen molar-refractivity contribution in [1.29, 1.82) is 0 Å². The van der Waals surface area contributed by atoms with Gasteiger partial charge in [0.25, 0.3) is 0 Å². The van der Waals surface area contributed by atoms with E-state index in [1.807, 2.05) is 0 Å². The molecule has 0 saturated heterocycles. The second kappa shape index (κ2) is 25.5. The first-order chi connectivity index (χ1) is 16.1. The summed E-state index contributed by atoms with van der Waals surface area (Å²) in [4.78, 5) is 0. The molecule has 2 rings (SSSR count). The number of unbranched alkanes of at least 4 members (excludes halogenated alkanes) is 15. The Kier molecular flexibility index (Phi) is 28.9. The van der Waals surface area contributed by atoms with Crippen molar-refractivity contribution in [3.8, 4) is 0 Å². The summed E-state index contributed by atoms with van der Waals surface area (Å²) in [6.07, 6.45) is 28.3. The number of rotatable bonds is 19. The molecule has 0 N–H and O–H groups in total. The smallest absolute Gasteiger partial charge is 1.00 e. The summed E-state index contributed by atoms with van der Waals surface area (Å²) in [6.45, 7) is 9.28. The van der Waals surface area contributed by atoms with Crippen molar-refractivity contribution in [1.82, 2.24) is 0 Å². The van der Waals surface area contributed by atoms with Crippen LogP contribution in [-0.2, 0) is 21.7 Å². The van der Waals surface area contributed by atoms with E-state index in [-0.39, 0.29) is 64.0 Å². The van der Waals surface area contributed by atoms with Crippen LogP contribution in [0.2, 0.25) is 5.04 Å². The van der Waals surface area contributed by atoms with Gasteiger partial charge in [-0.1, -0.05) is 170 Å². The summed E-state index contributed by atoms with van der Waals surface area (Å²) in [6, 6.07) is 11.3. The van der Waals surface area contributed by atoms with Crippen LogP contribution in [0.25, 0.3) is 0 Å². The van der Waals surface area contributed by atoms with Crippen molar-refractivity contribution in [3.63, 3.8) is 0 Å². The number of benzene rings is 1. The maximum atomic E-state index is 3.97. The van der Waals surface area contributed by atoms with E-state index in [0.717, 1.165) is 0 Å². The predicted molar refractivity (Wildman–Crippen MR) is 152 cm³/mol. The summed E-state index contributed by atoms with van der Waals surface area (Å²) in [5.74, 6) is 0. The van der Waals surface area contributed by atoms with Crippen LogP contribution in [0.5, 0.6) is 0 Å². The Bertz CT molecular complexity index is 720. The molecule has 5 heteroatoms. The van der Waals surface area contributed by atoms with Crippen molar-refractivity contribution < 1.29 is 58.9 Å². The fourth-order valence-electron chi connectivity index (χ4n) is 5.62. The molecule has 0 radical (unpaired) electrons. The number of halogens is 3. The van der Waals surface area contributed by atoms with Gasteiger partial charge in [0.1, 0.15) is 0 Å². The summed E-state index contributed by atoms with van der Waals surface area (Å²) >= 11 is 0. The topological polar surface area (TPSA) is 0 Å². The molecule has 0 nitrogen and oxygen atoms in total. The number of hydrogen-bond acceptors (Lipinski definition) is 0. The van der Waals surface area contributed by atoms with Crippen molar-refractivity contribution >= 4 is 14.7 Å². The molecule has 0 aromatic heterocycles. The first-order valence-corrected chi connectivity index (χ1v) is 15.8. The molecule has 0 bridgehead atoms. The van der Waals surface area contributed by atoms with Gasteiger partial charge in [0.05, 0.1) is 0 Å². The summed E-state index contributed by atoms with van der Waals surface area (Å²) < 4.78 is 0. The molecular weight excluding hydrogens is 567 g/mol. The van der Waals surface area contributed by atoms with Crippen LogP contribution in [0.1, 0.15) is 137 Å². The number of hydrogen-bond donors (Lipinski definition) is 0. The first kappa shape index (κ1) is 42.0. The van der Waals surface area contributed by atoms with E-state index in [9.17, 15) is 0 Å². The average molecular weight is 620 g/mol. The molecule has 0 heterocycles. The maximum absolute atomic E-state index is 3.97. The SMILES string of the molecule is CCCCCCCCCCCCCCCCCCC1([SiH2]c2ccccc2)[C-]=C(C)C(C)=C1C.[Cl-].[Cl-].[Cl-].[Ti+4]. The van der Waals surface area contributed by atoms with Crippen LogP contribution < -0.4 is 42.4 Å². The molecule has 1 unspecified atom stereocenters. The standard InChI is InChI=1S/C32H53Si.3ClH.Ti/c1-5-6-7-8-9-10-11-12-13-14-15-16-17-18-19-23-26-32(27-28(2)29(3)30(32)4)33-31-24-21-20-22-25-31;;;;/h20-22,24-25H,5-19,23,26,33H2,1-4H3;3*1H;/q-1;;;;+4/p-3. The minimum absolute atomic E-state index is 0. The van der Waals surface area contributed by atoms with Crippen molar-refractivity contribution in [2.45, 2.75) is 142 Å². The maximum Gasteiger partial charge on any atom is 4.00 e. The van der Waals surface area contributed by atoms with Gasteiger partial charge in [-0.15, -0.1) is 6.92 Å². The minimum Gasteiger partial charge on any atom is -1.00 e. The molecule has 1 aromatic carbocycles. The third kappa shape index (κ3) is 16.4. The zero-order valence-electron chi connectivity index (χ0n) is 24.2. The molecule has 0 amide bonds. The quantitative estimate of drug-likeness (QED) is 0.120. The van der Waals surface area contributed by atoms with Gasteiger partial charge in [-0.3, -0.25) is 6.08 Å². The van der Waals surface area contributed by atoms with Crippen molar-refractivity contribution in [2.24, 2.45) is 0 Å². The molecule has 0 spiro atoms. The van der Waals surface area contributed by atoms with Gasteiger partial charge in [0, 0.05) is 9.52 Å². The summed E-state index contributed by atoms with van der Waals surface area (Å²) in [7, 11) is -0.409. The Hall–Kier alpha value is 0.501. The van der Waals surface area contributed by atoms with Gasteiger partial charge in [0.2, 0.25) is 0 Å². The Morgan fingerprint density at radius 2 is 1.03 bits per heavy atom. The van der Waals surface area contributed by atoms with E-state index in [1.54, 1.807) is 10.8 Å². The predicted octanol–water partition coefficient (Wildman–Crippen LogP) is 0.400. The molecular formula is C32H53Cl3SiTi. The Morgan fingerprint density at radius 3 is 1.41 bits per heavy atom. The molecule has 1 aliphatic carbocycles. The molecule has 1 atom stereocenters. The van der Waals surface area contributed by atoms with Crippen LogP contribution in [0.4, 0.5) is 0 Å². The normalized spacial score (nSPS) is 16.6. The van der Waals surface area contributed by atoms with E-state index in [4.69, 9.17) is 0 Å². The minimum atomic E-state index is -0.409. The van der Waals surface area contributed by atoms with E-state index in [2.05, 4.69) is 64.1 Å². The van der Waals surface area contributed by atoms with Gasteiger partial charge in [-0.05, 0) is 0 Å². The third-order valence-electron chi connectivity index (χ3n) is 8.08. The zero-order chi connectivity index (χ0) is 23.8. The molecule has 1 aromatic rings. The monoisotopic (exact) mass is 618 g/mol. The summed E-state index contributed by atoms with van der Waals surface area (Å²) in [5, 5.41) is 1.86. The first-order valence-electron chi connectivity index (χ1n) is 14.4. The van der Waals surface area contributed by atoms with Crippen LogP contribution in [0.3, 0.4) is 0 Å². The molecule has 0 aliphatic heterocycles. The summed E-state index contributed by atoms with van der Waals surface area (Å²) in [5.41, 5.74) is 4.54. The fourth-order valence-corrected chi connectivity index (χ4v) is 8.14. The Morgan fingerprint density at radius 1 is 0.622 bits per heavy atom. The second-order valence-electron chi connectivity index (χ2n) is 10.8. The molecule has 210 valence electrons. The van der Waals surface area contributed by atoms with Gasteiger partial charge in [0.15, 0.2) is 0 Å². The van der Waals surface area contributed by atoms with Crippen LogP contribution in [0, 0.1) is 6.08 Å². The molecule has 0 fully saturated rings.